The first kappa shape index (κ1) is 26.2. The number of fused-ring (bicyclic) bond motifs is 1. The Balaban J connectivity index is 1.55. The van der Waals surface area contributed by atoms with Gasteiger partial charge in [0.05, 0.1) is 17.9 Å². The first-order valence-electron chi connectivity index (χ1n) is 11.1. The molecule has 2 heterocycles. The summed E-state index contributed by atoms with van der Waals surface area (Å²) in [6.45, 7) is -0.450. The molecule has 1 atom stereocenters. The maximum Gasteiger partial charge on any atom is 0.449 e. The molecule has 0 spiro atoms. The van der Waals surface area contributed by atoms with Crippen LogP contribution in [0.5, 0.6) is 0 Å². The Kier molecular flexibility index (Phi) is 7.00. The average Bonchev–Trinajstić information content (AvgIpc) is 3.22. The van der Waals surface area contributed by atoms with Crippen LogP contribution in [0.2, 0.25) is 0 Å². The Morgan fingerprint density at radius 3 is 2.27 bits per heavy atom. The monoisotopic (exact) mass is 525 g/mol. The lowest BCUT2D eigenvalue weighted by atomic mass is 10.0. The lowest BCUT2D eigenvalue weighted by Crippen LogP contribution is -2.42. The number of primary amides is 1. The highest BCUT2D eigenvalue weighted by molar-refractivity contribution is 5.93. The van der Waals surface area contributed by atoms with Gasteiger partial charge in [-0.25, -0.2) is 18.2 Å². The molecule has 4 N–H and O–H groups in total. The Hall–Kier alpha value is -3.87. The number of carbonyl (C=O) groups is 2. The molecule has 0 fully saturated rings. The van der Waals surface area contributed by atoms with E-state index in [0.29, 0.717) is 17.7 Å². The van der Waals surface area contributed by atoms with Gasteiger partial charge in [-0.15, -0.1) is 0 Å². The van der Waals surface area contributed by atoms with E-state index in [9.17, 15) is 35.9 Å². The van der Waals surface area contributed by atoms with E-state index in [1.165, 1.54) is 29.2 Å². The number of alkyl halides is 3. The van der Waals surface area contributed by atoms with Crippen molar-refractivity contribution < 1.29 is 35.9 Å². The largest absolute Gasteiger partial charge is 0.449 e. The predicted octanol–water partition coefficient (Wildman–Crippen LogP) is 3.39. The minimum Gasteiger partial charge on any atom is -0.366 e. The Morgan fingerprint density at radius 2 is 1.65 bits per heavy atom. The van der Waals surface area contributed by atoms with Crippen molar-refractivity contribution in [2.45, 2.75) is 38.1 Å². The lowest BCUT2D eigenvalue weighted by Gasteiger charge is -2.30. The first-order valence-corrected chi connectivity index (χ1v) is 11.1. The van der Waals surface area contributed by atoms with E-state index in [0.717, 1.165) is 4.57 Å². The fourth-order valence-corrected chi connectivity index (χ4v) is 4.25. The Morgan fingerprint density at radius 1 is 1.00 bits per heavy atom. The van der Waals surface area contributed by atoms with Crippen molar-refractivity contribution in [1.82, 2.24) is 14.5 Å². The zero-order chi connectivity index (χ0) is 27.1. The number of nitrogens with zero attached hydrogens (tertiary/aromatic N) is 3. The molecular formula is C24H21F6N5O2. The number of amides is 2. The van der Waals surface area contributed by atoms with Crippen LogP contribution >= 0.6 is 0 Å². The molecule has 1 aromatic heterocycles. The molecule has 1 aliphatic rings. The van der Waals surface area contributed by atoms with Gasteiger partial charge in [-0.1, -0.05) is 12.1 Å². The molecule has 196 valence electrons. The minimum atomic E-state index is -4.75. The molecule has 0 radical (unpaired) electrons. The highest BCUT2D eigenvalue weighted by atomic mass is 19.4. The SMILES string of the molecule is NC(=O)c1ccc(-c2nc(C(F)(F)F)n3c2CN(C(=O)CC(N)Cc2cc(F)c(F)cc2F)CC3)cc1. The predicted molar refractivity (Wildman–Crippen MR) is 119 cm³/mol. The van der Waals surface area contributed by atoms with Gasteiger partial charge in [-0.05, 0) is 30.2 Å². The topological polar surface area (TPSA) is 107 Å². The second kappa shape index (κ2) is 9.88. The number of aromatic nitrogens is 2. The van der Waals surface area contributed by atoms with Gasteiger partial charge in [0, 0.05) is 42.7 Å². The summed E-state index contributed by atoms with van der Waals surface area (Å²) < 4.78 is 82.6. The van der Waals surface area contributed by atoms with E-state index in [2.05, 4.69) is 4.98 Å². The fourth-order valence-electron chi connectivity index (χ4n) is 4.25. The number of hydrogen-bond acceptors (Lipinski definition) is 4. The average molecular weight is 525 g/mol. The van der Waals surface area contributed by atoms with E-state index in [1.807, 2.05) is 0 Å². The van der Waals surface area contributed by atoms with Gasteiger partial charge in [-0.2, -0.15) is 13.2 Å². The van der Waals surface area contributed by atoms with Gasteiger partial charge in [0.15, 0.2) is 11.6 Å². The molecule has 7 nitrogen and oxygen atoms in total. The third kappa shape index (κ3) is 5.45. The quantitative estimate of drug-likeness (QED) is 0.380. The highest BCUT2D eigenvalue weighted by Crippen LogP contribution is 2.36. The second-order valence-corrected chi connectivity index (χ2v) is 8.66. The van der Waals surface area contributed by atoms with Gasteiger partial charge in [0.1, 0.15) is 5.82 Å². The van der Waals surface area contributed by atoms with Gasteiger partial charge in [-0.3, -0.25) is 9.59 Å². The Bertz CT molecular complexity index is 1350. The van der Waals surface area contributed by atoms with E-state index < -0.39 is 47.3 Å². The number of benzene rings is 2. The number of carbonyl (C=O) groups excluding carboxylic acids is 2. The molecule has 2 amide bonds. The third-order valence-electron chi connectivity index (χ3n) is 6.06. The number of rotatable bonds is 6. The summed E-state index contributed by atoms with van der Waals surface area (Å²) in [6, 6.07) is 5.65. The van der Waals surface area contributed by atoms with E-state index in [1.54, 1.807) is 0 Å². The molecule has 2 aromatic carbocycles. The lowest BCUT2D eigenvalue weighted by molar-refractivity contribution is -0.148. The van der Waals surface area contributed by atoms with E-state index >= 15 is 0 Å². The van der Waals surface area contributed by atoms with Crippen LogP contribution in [0.25, 0.3) is 11.3 Å². The number of nitrogens with two attached hydrogens (primary N) is 2. The summed E-state index contributed by atoms with van der Waals surface area (Å²) in [5.74, 6) is -5.94. The zero-order valence-corrected chi connectivity index (χ0v) is 19.2. The molecular weight excluding hydrogens is 504 g/mol. The molecule has 1 aliphatic heterocycles. The second-order valence-electron chi connectivity index (χ2n) is 8.66. The molecule has 37 heavy (non-hydrogen) atoms. The summed E-state index contributed by atoms with van der Waals surface area (Å²) in [6.07, 6.45) is -5.30. The number of hydrogen-bond donors (Lipinski definition) is 2. The van der Waals surface area contributed by atoms with Crippen molar-refractivity contribution in [1.29, 1.82) is 0 Å². The molecule has 0 aliphatic carbocycles. The molecule has 0 bridgehead atoms. The van der Waals surface area contributed by atoms with Crippen molar-refractivity contribution in [3.63, 3.8) is 0 Å². The minimum absolute atomic E-state index is 0.00555. The first-order chi connectivity index (χ1) is 17.3. The van der Waals surface area contributed by atoms with Crippen molar-refractivity contribution in [3.05, 3.63) is 76.5 Å². The normalized spacial score (nSPS) is 14.4. The van der Waals surface area contributed by atoms with Crippen LogP contribution in [0.1, 0.15) is 33.9 Å². The van der Waals surface area contributed by atoms with E-state index in [4.69, 9.17) is 11.5 Å². The number of halogens is 6. The number of imidazole rings is 1. The fraction of sp³-hybridized carbons (Fsp3) is 0.292. The van der Waals surface area contributed by atoms with Gasteiger partial charge in [0.2, 0.25) is 17.6 Å². The maximum atomic E-state index is 13.9. The smallest absolute Gasteiger partial charge is 0.366 e. The molecule has 4 rings (SSSR count). The summed E-state index contributed by atoms with van der Waals surface area (Å²) in [5.41, 5.74) is 11.6. The molecule has 0 saturated carbocycles. The molecule has 3 aromatic rings. The summed E-state index contributed by atoms with van der Waals surface area (Å²) in [7, 11) is 0. The van der Waals surface area contributed by atoms with Gasteiger partial charge in [0.25, 0.3) is 0 Å². The van der Waals surface area contributed by atoms with Crippen LogP contribution in [-0.2, 0) is 30.5 Å². The van der Waals surface area contributed by atoms with Gasteiger partial charge < -0.3 is 20.9 Å². The zero-order valence-electron chi connectivity index (χ0n) is 19.2. The standard InChI is InChI=1S/C24H21F6N5O2/c25-16-10-18(27)17(26)8-14(16)7-15(31)9-20(36)34-5-6-35-19(11-34)21(33-23(35)24(28,29)30)12-1-3-13(4-2-12)22(32)37/h1-4,8,10,15H,5-7,9,11,31H2,(H2,32,37). The highest BCUT2D eigenvalue weighted by Gasteiger charge is 2.40. The molecule has 13 heteroatoms. The summed E-state index contributed by atoms with van der Waals surface area (Å²) in [5, 5.41) is 0. The van der Waals surface area contributed by atoms with Crippen molar-refractivity contribution >= 4 is 11.8 Å². The van der Waals surface area contributed by atoms with Crippen LogP contribution in [0, 0.1) is 17.5 Å². The Labute approximate surface area is 206 Å². The molecule has 1 unspecified atom stereocenters. The third-order valence-corrected chi connectivity index (χ3v) is 6.06. The van der Waals surface area contributed by atoms with Gasteiger partial charge >= 0.3 is 6.18 Å². The summed E-state index contributed by atoms with van der Waals surface area (Å²) in [4.78, 5) is 29.3. The maximum absolute atomic E-state index is 13.9. The van der Waals surface area contributed by atoms with Crippen LogP contribution in [0.3, 0.4) is 0 Å². The van der Waals surface area contributed by atoms with Crippen molar-refractivity contribution in [3.8, 4) is 11.3 Å². The van der Waals surface area contributed by atoms with Crippen molar-refractivity contribution in [2.75, 3.05) is 6.54 Å². The van der Waals surface area contributed by atoms with Crippen LogP contribution in [0.4, 0.5) is 26.3 Å². The van der Waals surface area contributed by atoms with Crippen LogP contribution in [0.15, 0.2) is 36.4 Å². The summed E-state index contributed by atoms with van der Waals surface area (Å²) >= 11 is 0. The van der Waals surface area contributed by atoms with E-state index in [-0.39, 0.29) is 55.0 Å². The molecule has 0 saturated heterocycles. The van der Waals surface area contributed by atoms with Crippen LogP contribution in [-0.4, -0.2) is 38.9 Å². The van der Waals surface area contributed by atoms with Crippen LogP contribution < -0.4 is 11.5 Å². The van der Waals surface area contributed by atoms with Crippen molar-refractivity contribution in [2.24, 2.45) is 11.5 Å².